The van der Waals surface area contributed by atoms with Gasteiger partial charge in [0, 0.05) is 54.4 Å². The number of hydrogen-bond acceptors (Lipinski definition) is 8. The largest absolute Gasteiger partial charge is 0.749 e. The van der Waals surface area contributed by atoms with Crippen LogP contribution in [0.4, 0.5) is 0 Å². The van der Waals surface area contributed by atoms with Crippen LogP contribution in [-0.2, 0) is 18.1 Å². The van der Waals surface area contributed by atoms with Crippen molar-refractivity contribution in [3.63, 3.8) is 0 Å². The summed E-state index contributed by atoms with van der Waals surface area (Å²) in [6, 6.07) is 0. The molecule has 9 heteroatoms. The highest BCUT2D eigenvalue weighted by molar-refractivity contribution is 6.53. The van der Waals surface area contributed by atoms with Gasteiger partial charge in [-0.3, -0.25) is 18.1 Å². The van der Waals surface area contributed by atoms with E-state index in [2.05, 4.69) is 0 Å². The van der Waals surface area contributed by atoms with E-state index < -0.39 is 9.05 Å². The summed E-state index contributed by atoms with van der Waals surface area (Å²) in [5.41, 5.74) is 0. The minimum Gasteiger partial charge on any atom is -0.260 e. The second-order valence-corrected chi connectivity index (χ2v) is 6.37. The highest BCUT2D eigenvalue weighted by atomic mass is 28.4. The van der Waals surface area contributed by atoms with E-state index in [1.165, 1.54) is 0 Å². The van der Waals surface area contributed by atoms with E-state index >= 15 is 0 Å². The highest BCUT2D eigenvalue weighted by Gasteiger charge is 2.54. The fraction of sp³-hybridized carbons (Fsp3) is 1.00. The fourth-order valence-corrected chi connectivity index (χ4v) is 3.36. The zero-order valence-electron chi connectivity index (χ0n) is 14.8. The molecule has 0 fully saturated rings. The molecule has 0 radical (unpaired) electrons. The second kappa shape index (κ2) is 10.6. The van der Waals surface area contributed by atoms with Crippen LogP contribution in [0.5, 0.6) is 0 Å². The van der Waals surface area contributed by atoms with Gasteiger partial charge < -0.3 is 0 Å². The van der Waals surface area contributed by atoms with Crippen molar-refractivity contribution in [3.05, 3.63) is 0 Å². The van der Waals surface area contributed by atoms with Crippen LogP contribution in [0.25, 0.3) is 0 Å². The predicted octanol–water partition coefficient (Wildman–Crippen LogP) is 0.955. The molecule has 0 atom stereocenters. The molecule has 0 saturated heterocycles. The average Bonchev–Trinajstić information content (AvgIpc) is 2.46. The summed E-state index contributed by atoms with van der Waals surface area (Å²) in [6.07, 6.45) is 0. The van der Waals surface area contributed by atoms with E-state index in [-0.39, 0.29) is 0 Å². The number of rotatable bonds is 12. The van der Waals surface area contributed by atoms with Crippen LogP contribution >= 0.6 is 0 Å². The minimum absolute atomic E-state index is 0.687. The topological polar surface area (TPSA) is 49.9 Å². The van der Waals surface area contributed by atoms with Crippen molar-refractivity contribution >= 4 is 9.05 Å². The summed E-state index contributed by atoms with van der Waals surface area (Å²) in [6.45, 7) is 10.7. The Balaban J connectivity index is 5.23. The second-order valence-electron chi connectivity index (χ2n) is 4.64. The standard InChI is InChI=1S/C12H32N4O4Si/c1-9-13(5)17-21(18-14(6)10-2,19-15(7)11-3)20-16(8)12-4/h9-12H2,1-8H3. The molecule has 0 aromatic carbocycles. The SMILES string of the molecule is CCN(C)O[Si](ON(C)CC)(ON(C)CC)ON(C)CC. The zero-order valence-corrected chi connectivity index (χ0v) is 15.8. The Morgan fingerprint density at radius 2 is 0.714 bits per heavy atom. The summed E-state index contributed by atoms with van der Waals surface area (Å²) in [5, 5.41) is 6.62. The van der Waals surface area contributed by atoms with Crippen LogP contribution in [-0.4, -0.2) is 83.7 Å². The molecule has 128 valence electrons. The smallest absolute Gasteiger partial charge is 0.260 e. The monoisotopic (exact) mass is 324 g/mol. The van der Waals surface area contributed by atoms with Gasteiger partial charge in [-0.05, 0) is 0 Å². The lowest BCUT2D eigenvalue weighted by Gasteiger charge is -2.36. The Hall–Kier alpha value is -0.103. The summed E-state index contributed by atoms with van der Waals surface area (Å²) in [4.78, 5) is 0. The summed E-state index contributed by atoms with van der Waals surface area (Å²) in [7, 11) is 3.86. The Labute approximate surface area is 130 Å². The molecule has 0 rings (SSSR count). The number of hydroxylamine groups is 8. The van der Waals surface area contributed by atoms with Crippen molar-refractivity contribution in [2.75, 3.05) is 54.4 Å². The zero-order chi connectivity index (χ0) is 16.5. The lowest BCUT2D eigenvalue weighted by atomic mass is 10.8. The number of nitrogens with zero attached hydrogens (tertiary/aromatic N) is 4. The van der Waals surface area contributed by atoms with Crippen molar-refractivity contribution in [3.8, 4) is 0 Å². The van der Waals surface area contributed by atoms with Gasteiger partial charge in [-0.1, -0.05) is 27.7 Å². The molecule has 0 heterocycles. The van der Waals surface area contributed by atoms with Gasteiger partial charge in [0.05, 0.1) is 0 Å². The molecule has 0 aromatic heterocycles. The first-order valence-corrected chi connectivity index (χ1v) is 9.06. The maximum atomic E-state index is 5.89. The Morgan fingerprint density at radius 3 is 0.857 bits per heavy atom. The average molecular weight is 324 g/mol. The highest BCUT2D eigenvalue weighted by Crippen LogP contribution is 2.17. The molecule has 0 bridgehead atoms. The molecule has 0 amide bonds. The van der Waals surface area contributed by atoms with Crippen LogP contribution in [0, 0.1) is 0 Å². The van der Waals surface area contributed by atoms with Crippen LogP contribution in [0.15, 0.2) is 0 Å². The van der Waals surface area contributed by atoms with E-state index in [0.29, 0.717) is 26.2 Å². The third kappa shape index (κ3) is 8.19. The lowest BCUT2D eigenvalue weighted by Crippen LogP contribution is -2.60. The van der Waals surface area contributed by atoms with Gasteiger partial charge in [0.25, 0.3) is 0 Å². The van der Waals surface area contributed by atoms with Gasteiger partial charge in [-0.2, -0.15) is 20.3 Å². The van der Waals surface area contributed by atoms with Gasteiger partial charge >= 0.3 is 9.05 Å². The van der Waals surface area contributed by atoms with Crippen LogP contribution in [0.2, 0.25) is 0 Å². The Kier molecular flexibility index (Phi) is 10.5. The van der Waals surface area contributed by atoms with Gasteiger partial charge in [0.2, 0.25) is 0 Å². The molecule has 0 aromatic rings. The molecule has 0 aliphatic rings. The van der Waals surface area contributed by atoms with Crippen LogP contribution < -0.4 is 0 Å². The maximum absolute atomic E-state index is 5.89. The van der Waals surface area contributed by atoms with Gasteiger partial charge in [-0.25, -0.2) is 0 Å². The molecular formula is C12H32N4O4Si. The molecule has 0 N–H and O–H groups in total. The summed E-state index contributed by atoms with van der Waals surface area (Å²) < 4.78 is 23.5. The molecule has 0 unspecified atom stereocenters. The van der Waals surface area contributed by atoms with Crippen molar-refractivity contribution in [1.29, 1.82) is 0 Å². The van der Waals surface area contributed by atoms with Crippen LogP contribution in [0.3, 0.4) is 0 Å². The quantitative estimate of drug-likeness (QED) is 0.389. The molecule has 0 saturated carbocycles. The fourth-order valence-electron chi connectivity index (χ4n) is 1.12. The van der Waals surface area contributed by atoms with Crippen molar-refractivity contribution in [2.45, 2.75) is 27.7 Å². The molecule has 21 heavy (non-hydrogen) atoms. The lowest BCUT2D eigenvalue weighted by molar-refractivity contribution is -0.281. The first kappa shape index (κ1) is 20.9. The molecule has 0 aliphatic heterocycles. The van der Waals surface area contributed by atoms with E-state index in [1.54, 1.807) is 20.3 Å². The number of hydrogen-bond donors (Lipinski definition) is 0. The van der Waals surface area contributed by atoms with E-state index in [9.17, 15) is 0 Å². The van der Waals surface area contributed by atoms with Crippen molar-refractivity contribution in [1.82, 2.24) is 20.3 Å². The minimum atomic E-state index is -3.43. The van der Waals surface area contributed by atoms with Crippen LogP contribution in [0.1, 0.15) is 27.7 Å². The van der Waals surface area contributed by atoms with E-state index in [0.717, 1.165) is 0 Å². The molecule has 0 spiro atoms. The molecular weight excluding hydrogens is 292 g/mol. The first-order chi connectivity index (χ1) is 9.82. The summed E-state index contributed by atoms with van der Waals surface area (Å²) in [5.74, 6) is 0. The molecule has 8 nitrogen and oxygen atoms in total. The van der Waals surface area contributed by atoms with Gasteiger partial charge in [0.15, 0.2) is 0 Å². The van der Waals surface area contributed by atoms with Crippen molar-refractivity contribution < 1.29 is 18.1 Å². The van der Waals surface area contributed by atoms with E-state index in [1.807, 2.05) is 55.9 Å². The molecule has 0 aliphatic carbocycles. The Bertz CT molecular complexity index is 222. The third-order valence-electron chi connectivity index (χ3n) is 2.85. The van der Waals surface area contributed by atoms with E-state index in [4.69, 9.17) is 18.1 Å². The van der Waals surface area contributed by atoms with Gasteiger partial charge in [0.1, 0.15) is 0 Å². The maximum Gasteiger partial charge on any atom is 0.749 e. The predicted molar refractivity (Wildman–Crippen MR) is 83.3 cm³/mol. The first-order valence-electron chi connectivity index (χ1n) is 7.43. The Morgan fingerprint density at radius 1 is 0.524 bits per heavy atom. The van der Waals surface area contributed by atoms with Gasteiger partial charge in [-0.15, -0.1) is 0 Å². The van der Waals surface area contributed by atoms with Crippen molar-refractivity contribution in [2.24, 2.45) is 0 Å². The normalized spacial score (nSPS) is 13.1. The summed E-state index contributed by atoms with van der Waals surface area (Å²) >= 11 is 0. The third-order valence-corrected chi connectivity index (χ3v) is 4.99.